The number of aromatic nitrogens is 1. The fourth-order valence-corrected chi connectivity index (χ4v) is 6.76. The minimum Gasteiger partial charge on any atom is -0.494 e. The van der Waals surface area contributed by atoms with Gasteiger partial charge >= 0.3 is 18.1 Å². The second kappa shape index (κ2) is 15.0. The van der Waals surface area contributed by atoms with Crippen LogP contribution in [0.5, 0.6) is 5.75 Å². The van der Waals surface area contributed by atoms with E-state index in [1.807, 2.05) is 0 Å². The van der Waals surface area contributed by atoms with Gasteiger partial charge in [-0.3, -0.25) is 9.59 Å². The Bertz CT molecular complexity index is 2030. The fourth-order valence-electron chi connectivity index (χ4n) is 5.61. The van der Waals surface area contributed by atoms with E-state index >= 15 is 0 Å². The topological polar surface area (TPSA) is 189 Å². The van der Waals surface area contributed by atoms with Gasteiger partial charge < -0.3 is 30.9 Å². The summed E-state index contributed by atoms with van der Waals surface area (Å²) >= 11 is 0. The molecule has 1 aliphatic rings. The summed E-state index contributed by atoms with van der Waals surface area (Å²) in [5.41, 5.74) is 7.15. The number of hydrogen-bond donors (Lipinski definition) is 4. The highest BCUT2D eigenvalue weighted by Crippen LogP contribution is 2.42. The number of likely N-dealkylation sites (tertiary alicyclic amines) is 1. The van der Waals surface area contributed by atoms with Crippen molar-refractivity contribution in [1.29, 1.82) is 0 Å². The molecule has 1 fully saturated rings. The second-order valence-corrected chi connectivity index (χ2v) is 13.3. The van der Waals surface area contributed by atoms with Gasteiger partial charge in [-0.1, -0.05) is 31.2 Å². The highest BCUT2D eigenvalue weighted by molar-refractivity contribution is 7.91. The molecule has 50 heavy (non-hydrogen) atoms. The number of nitrogens with two attached hydrogens (primary N) is 1. The molecule has 0 bridgehead atoms. The van der Waals surface area contributed by atoms with Gasteiger partial charge in [-0.05, 0) is 65.4 Å². The Labute approximate surface area is 283 Å². The van der Waals surface area contributed by atoms with Gasteiger partial charge in [0, 0.05) is 23.8 Å². The molecule has 1 amide bonds. The number of amides is 1. The van der Waals surface area contributed by atoms with Crippen molar-refractivity contribution >= 4 is 50.0 Å². The molecule has 3 aromatic carbocycles. The molecule has 1 aromatic heterocycles. The number of carbonyl (C=O) groups is 3. The van der Waals surface area contributed by atoms with Crippen molar-refractivity contribution in [3.63, 3.8) is 0 Å². The number of aliphatic carboxylic acids is 2. The number of sulfone groups is 1. The highest BCUT2D eigenvalue weighted by Gasteiger charge is 2.45. The van der Waals surface area contributed by atoms with E-state index in [0.29, 0.717) is 17.1 Å². The molecule has 0 aliphatic carbocycles. The van der Waals surface area contributed by atoms with Crippen LogP contribution in [0.25, 0.3) is 10.8 Å². The molecule has 12 nitrogen and oxygen atoms in total. The van der Waals surface area contributed by atoms with Crippen molar-refractivity contribution in [2.45, 2.75) is 36.5 Å². The van der Waals surface area contributed by atoms with Crippen LogP contribution in [-0.2, 0) is 24.2 Å². The van der Waals surface area contributed by atoms with E-state index in [-0.39, 0.29) is 34.9 Å². The average Bonchev–Trinajstić information content (AvgIpc) is 3.53. The molecule has 3 atom stereocenters. The molecule has 4 aromatic rings. The average molecular weight is 721 g/mol. The number of carbonyl (C=O) groups excluding carboxylic acids is 1. The summed E-state index contributed by atoms with van der Waals surface area (Å²) in [6, 6.07) is 15.1. The summed E-state index contributed by atoms with van der Waals surface area (Å²) in [5, 5.41) is 22.0. The minimum absolute atomic E-state index is 0.0119. The van der Waals surface area contributed by atoms with Crippen LogP contribution in [0.2, 0.25) is 0 Å². The summed E-state index contributed by atoms with van der Waals surface area (Å²) in [4.78, 5) is 41.3. The molecule has 5 rings (SSSR count). The Balaban J connectivity index is 0.000000727. The van der Waals surface area contributed by atoms with Gasteiger partial charge in [0.05, 0.1) is 29.7 Å². The summed E-state index contributed by atoms with van der Waals surface area (Å²) in [7, 11) is -2.43. The van der Waals surface area contributed by atoms with Crippen LogP contribution >= 0.6 is 0 Å². The number of carboxylic acids is 2. The zero-order valence-electron chi connectivity index (χ0n) is 26.5. The van der Waals surface area contributed by atoms with E-state index < -0.39 is 57.7 Å². The third-order valence-corrected chi connectivity index (χ3v) is 9.86. The van der Waals surface area contributed by atoms with Gasteiger partial charge in [0.15, 0.2) is 21.4 Å². The van der Waals surface area contributed by atoms with E-state index in [0.717, 1.165) is 10.8 Å². The first-order valence-corrected chi connectivity index (χ1v) is 16.5. The third kappa shape index (κ3) is 8.05. The van der Waals surface area contributed by atoms with E-state index in [4.69, 9.17) is 20.4 Å². The minimum atomic E-state index is -5.08. The number of benzene rings is 3. The molecular weight excluding hydrogens is 688 g/mol. The standard InChI is InChI=1S/C31H31FN4O6S.C2HF3O2/c1-3-43(40,41)26-7-5-4-6-22(26)28-23(31(38)39)13-15-36(28)30(37)27(19-8-11-24(32)25(17-19)42-2)35-20-9-10-21-18(16-20)12-14-34-29(21)33;3-2(4,5)1(6)7/h4-12,14,16-17,23,27-28,35H,3,13,15H2,1-2H3,(H2,33,34)(H,38,39);(H,6,7)/t23-,27+,28-;/m0./s1. The van der Waals surface area contributed by atoms with Crippen molar-refractivity contribution in [2.24, 2.45) is 5.92 Å². The number of alkyl halides is 3. The van der Waals surface area contributed by atoms with Crippen LogP contribution in [0.3, 0.4) is 0 Å². The van der Waals surface area contributed by atoms with Crippen LogP contribution in [-0.4, -0.2) is 71.9 Å². The fraction of sp³-hybridized carbons (Fsp3) is 0.273. The van der Waals surface area contributed by atoms with E-state index in [1.165, 1.54) is 43.2 Å². The summed E-state index contributed by atoms with van der Waals surface area (Å²) in [6.45, 7) is 1.57. The zero-order valence-corrected chi connectivity index (χ0v) is 27.3. The number of fused-ring (bicyclic) bond motifs is 1. The largest absolute Gasteiger partial charge is 0.494 e. The molecule has 0 spiro atoms. The zero-order chi connectivity index (χ0) is 37.0. The Morgan fingerprint density at radius 3 is 2.38 bits per heavy atom. The van der Waals surface area contributed by atoms with Crippen LogP contribution in [0, 0.1) is 11.7 Å². The van der Waals surface area contributed by atoms with Crippen molar-refractivity contribution in [1.82, 2.24) is 9.88 Å². The van der Waals surface area contributed by atoms with E-state index in [2.05, 4.69) is 10.3 Å². The summed E-state index contributed by atoms with van der Waals surface area (Å²) < 4.78 is 77.4. The Kier molecular flexibility index (Phi) is 11.2. The van der Waals surface area contributed by atoms with E-state index in [1.54, 1.807) is 48.7 Å². The lowest BCUT2D eigenvalue weighted by Crippen LogP contribution is -2.39. The Morgan fingerprint density at radius 2 is 1.76 bits per heavy atom. The lowest BCUT2D eigenvalue weighted by atomic mass is 9.93. The van der Waals surface area contributed by atoms with Crippen molar-refractivity contribution in [3.05, 3.63) is 89.9 Å². The number of anilines is 2. The second-order valence-electron chi connectivity index (χ2n) is 11.1. The van der Waals surface area contributed by atoms with Crippen LogP contribution < -0.4 is 15.8 Å². The normalized spacial score (nSPS) is 16.6. The maximum Gasteiger partial charge on any atom is 0.490 e. The number of pyridine rings is 1. The molecule has 0 radical (unpaired) electrons. The number of methoxy groups -OCH3 is 1. The number of ether oxygens (including phenoxy) is 1. The number of nitrogens with one attached hydrogen (secondary N) is 1. The van der Waals surface area contributed by atoms with Gasteiger partial charge in [0.25, 0.3) is 0 Å². The molecule has 0 unspecified atom stereocenters. The molecule has 1 aliphatic heterocycles. The van der Waals surface area contributed by atoms with Gasteiger partial charge in [0.2, 0.25) is 5.91 Å². The molecule has 266 valence electrons. The summed E-state index contributed by atoms with van der Waals surface area (Å²) in [6.07, 6.45) is -3.40. The number of nitrogen functional groups attached to an aromatic ring is 1. The number of carboxylic acid groups (broad SMARTS) is 2. The monoisotopic (exact) mass is 720 g/mol. The quantitative estimate of drug-likeness (QED) is 0.166. The smallest absolute Gasteiger partial charge is 0.490 e. The molecular formula is C33H32F4N4O8S. The van der Waals surface area contributed by atoms with Gasteiger partial charge in [-0.2, -0.15) is 13.2 Å². The van der Waals surface area contributed by atoms with Gasteiger partial charge in [0.1, 0.15) is 11.9 Å². The first-order valence-electron chi connectivity index (χ1n) is 14.9. The predicted molar refractivity (Wildman–Crippen MR) is 174 cm³/mol. The third-order valence-electron chi connectivity index (χ3n) is 8.06. The molecule has 0 saturated carbocycles. The summed E-state index contributed by atoms with van der Waals surface area (Å²) in [5.74, 6) is -5.99. The Morgan fingerprint density at radius 1 is 1.08 bits per heavy atom. The van der Waals surface area contributed by atoms with Gasteiger partial charge in [-0.15, -0.1) is 0 Å². The SMILES string of the molecule is CCS(=O)(=O)c1ccccc1[C@H]1[C@@H](C(=O)O)CCN1C(=O)[C@H](Nc1ccc2c(N)nccc2c1)c1ccc(F)c(OC)c1.O=C(O)C(F)(F)F. The first kappa shape index (κ1) is 37.4. The molecule has 1 saturated heterocycles. The van der Waals surface area contributed by atoms with Crippen LogP contribution in [0.4, 0.5) is 29.1 Å². The van der Waals surface area contributed by atoms with Crippen molar-refractivity contribution in [3.8, 4) is 5.75 Å². The number of nitrogens with zero attached hydrogens (tertiary/aromatic N) is 2. The number of rotatable bonds is 9. The van der Waals surface area contributed by atoms with E-state index in [9.17, 15) is 40.7 Å². The molecule has 17 heteroatoms. The van der Waals surface area contributed by atoms with Crippen molar-refractivity contribution < 1.29 is 55.3 Å². The Hall–Kier alpha value is -5.45. The maximum absolute atomic E-state index is 14.5. The lowest BCUT2D eigenvalue weighted by molar-refractivity contribution is -0.192. The highest BCUT2D eigenvalue weighted by atomic mass is 32.2. The number of hydrogen-bond acceptors (Lipinski definition) is 9. The van der Waals surface area contributed by atoms with Gasteiger partial charge in [-0.25, -0.2) is 22.6 Å². The molecule has 5 N–H and O–H groups in total. The number of halogens is 4. The lowest BCUT2D eigenvalue weighted by Gasteiger charge is -2.32. The predicted octanol–water partition coefficient (Wildman–Crippen LogP) is 5.22. The first-order chi connectivity index (χ1) is 23.5. The molecule has 2 heterocycles. The van der Waals surface area contributed by atoms with Crippen LogP contribution in [0.1, 0.15) is 36.6 Å². The maximum atomic E-state index is 14.5. The van der Waals surface area contributed by atoms with Crippen molar-refractivity contribution in [2.75, 3.05) is 30.5 Å². The van der Waals surface area contributed by atoms with Crippen LogP contribution in [0.15, 0.2) is 77.8 Å².